The molecule has 1 amide bonds. The van der Waals surface area contributed by atoms with Crippen molar-refractivity contribution in [1.29, 1.82) is 0 Å². The molecule has 1 fully saturated rings. The van der Waals surface area contributed by atoms with E-state index < -0.39 is 20.9 Å². The lowest BCUT2D eigenvalue weighted by molar-refractivity contribution is -0.385. The number of amides is 1. The topological polar surface area (TPSA) is 110 Å². The zero-order valence-corrected chi connectivity index (χ0v) is 18.1. The maximum Gasteiger partial charge on any atom is 0.274 e. The summed E-state index contributed by atoms with van der Waals surface area (Å²) in [7, 11) is -3.65. The van der Waals surface area contributed by atoms with Crippen molar-refractivity contribution >= 4 is 54.6 Å². The largest absolute Gasteiger partial charge is 0.325 e. The van der Waals surface area contributed by atoms with Crippen LogP contribution in [0.5, 0.6) is 0 Å². The highest BCUT2D eigenvalue weighted by atomic mass is 79.9. The van der Waals surface area contributed by atoms with Gasteiger partial charge in [-0.25, -0.2) is 8.42 Å². The first kappa shape index (κ1) is 20.9. The number of nitrogens with one attached hydrogen (secondary N) is 1. The number of anilines is 1. The maximum absolute atomic E-state index is 12.8. The number of hydrogen-bond acceptors (Lipinski definition) is 6. The van der Waals surface area contributed by atoms with E-state index in [0.717, 1.165) is 15.1 Å². The predicted molar refractivity (Wildman–Crippen MR) is 110 cm³/mol. The molecule has 1 atom stereocenters. The van der Waals surface area contributed by atoms with Crippen molar-refractivity contribution in [3.8, 4) is 0 Å². The number of nitro benzene ring substituents is 1. The Bertz CT molecular complexity index is 1020. The lowest BCUT2D eigenvalue weighted by Crippen LogP contribution is -2.43. The fourth-order valence-corrected chi connectivity index (χ4v) is 6.82. The molecule has 8 nitrogen and oxygen atoms in total. The SMILES string of the molecule is Cc1c(NC(=O)C2CCCN(S(=O)(=O)c3ccc(Br)s3)C2)cccc1[N+](=O)[O-]. The second kappa shape index (κ2) is 8.27. The minimum atomic E-state index is -3.65. The van der Waals surface area contributed by atoms with Crippen LogP contribution in [0.2, 0.25) is 0 Å². The average Bonchev–Trinajstić information content (AvgIpc) is 3.10. The van der Waals surface area contributed by atoms with Gasteiger partial charge in [0.05, 0.1) is 25.9 Å². The number of nitrogens with zero attached hydrogens (tertiary/aromatic N) is 2. The summed E-state index contributed by atoms with van der Waals surface area (Å²) in [6, 6.07) is 7.70. The highest BCUT2D eigenvalue weighted by molar-refractivity contribution is 9.11. The molecule has 2 heterocycles. The number of carbonyl (C=O) groups excluding carboxylic acids is 1. The Hall–Kier alpha value is -1.82. The van der Waals surface area contributed by atoms with Gasteiger partial charge in [0.15, 0.2) is 0 Å². The zero-order valence-electron chi connectivity index (χ0n) is 14.9. The minimum Gasteiger partial charge on any atom is -0.325 e. The van der Waals surface area contributed by atoms with Gasteiger partial charge in [0.25, 0.3) is 15.7 Å². The molecule has 0 radical (unpaired) electrons. The molecular formula is C17H18BrN3O5S2. The van der Waals surface area contributed by atoms with E-state index in [1.807, 2.05) is 0 Å². The Balaban J connectivity index is 1.75. The molecule has 0 spiro atoms. The van der Waals surface area contributed by atoms with E-state index in [9.17, 15) is 23.3 Å². The first-order valence-corrected chi connectivity index (χ1v) is 11.6. The lowest BCUT2D eigenvalue weighted by atomic mass is 9.98. The van der Waals surface area contributed by atoms with Crippen LogP contribution in [0.25, 0.3) is 0 Å². The van der Waals surface area contributed by atoms with E-state index in [1.54, 1.807) is 25.1 Å². The molecule has 1 aliphatic rings. The molecule has 0 saturated carbocycles. The Morgan fingerprint density at radius 2 is 2.11 bits per heavy atom. The van der Waals surface area contributed by atoms with Crippen LogP contribution in [0.15, 0.2) is 38.3 Å². The van der Waals surface area contributed by atoms with Crippen LogP contribution < -0.4 is 5.32 Å². The third-order valence-electron chi connectivity index (χ3n) is 4.66. The summed E-state index contributed by atoms with van der Waals surface area (Å²) in [4.78, 5) is 23.3. The van der Waals surface area contributed by atoms with E-state index >= 15 is 0 Å². The molecule has 1 N–H and O–H groups in total. The van der Waals surface area contributed by atoms with Gasteiger partial charge in [0, 0.05) is 19.2 Å². The summed E-state index contributed by atoms with van der Waals surface area (Å²) in [5.41, 5.74) is 0.653. The number of hydrogen-bond donors (Lipinski definition) is 1. The second-order valence-electron chi connectivity index (χ2n) is 6.46. The molecule has 1 aromatic carbocycles. The van der Waals surface area contributed by atoms with Gasteiger partial charge in [-0.1, -0.05) is 6.07 Å². The first-order chi connectivity index (χ1) is 13.2. The molecule has 1 aliphatic heterocycles. The number of piperidine rings is 1. The number of sulfonamides is 1. The molecule has 0 aliphatic carbocycles. The van der Waals surface area contributed by atoms with Crippen molar-refractivity contribution in [2.45, 2.75) is 24.0 Å². The van der Waals surface area contributed by atoms with Crippen LogP contribution in [0.1, 0.15) is 18.4 Å². The summed E-state index contributed by atoms with van der Waals surface area (Å²) in [6.45, 7) is 2.01. The molecule has 1 unspecified atom stereocenters. The van der Waals surface area contributed by atoms with Gasteiger partial charge in [-0.05, 0) is 53.9 Å². The van der Waals surface area contributed by atoms with Gasteiger partial charge in [-0.3, -0.25) is 14.9 Å². The molecule has 1 saturated heterocycles. The van der Waals surface area contributed by atoms with Crippen LogP contribution in [-0.2, 0) is 14.8 Å². The predicted octanol–water partition coefficient (Wildman–Crippen LogP) is 3.77. The molecule has 150 valence electrons. The number of nitro groups is 1. The normalized spacial score (nSPS) is 18.0. The van der Waals surface area contributed by atoms with Gasteiger partial charge in [-0.15, -0.1) is 11.3 Å². The fraction of sp³-hybridized carbons (Fsp3) is 0.353. The number of carbonyl (C=O) groups is 1. The van der Waals surface area contributed by atoms with Crippen LogP contribution in [-0.4, -0.2) is 36.6 Å². The molecular weight excluding hydrogens is 470 g/mol. The first-order valence-electron chi connectivity index (χ1n) is 8.50. The van der Waals surface area contributed by atoms with E-state index in [4.69, 9.17) is 0 Å². The van der Waals surface area contributed by atoms with Crippen LogP contribution >= 0.6 is 27.3 Å². The van der Waals surface area contributed by atoms with E-state index in [2.05, 4.69) is 21.2 Å². The third kappa shape index (κ3) is 4.27. The Kier molecular flexibility index (Phi) is 6.18. The summed E-state index contributed by atoms with van der Waals surface area (Å²) in [5.74, 6) is -0.860. The van der Waals surface area contributed by atoms with E-state index in [1.165, 1.54) is 16.4 Å². The number of halogens is 1. The Morgan fingerprint density at radius 3 is 2.75 bits per heavy atom. The van der Waals surface area contributed by atoms with E-state index in [0.29, 0.717) is 30.6 Å². The van der Waals surface area contributed by atoms with Crippen molar-refractivity contribution in [2.75, 3.05) is 18.4 Å². The van der Waals surface area contributed by atoms with E-state index in [-0.39, 0.29) is 22.3 Å². The van der Waals surface area contributed by atoms with Crippen molar-refractivity contribution < 1.29 is 18.1 Å². The van der Waals surface area contributed by atoms with Gasteiger partial charge in [0.1, 0.15) is 4.21 Å². The summed E-state index contributed by atoms with van der Waals surface area (Å²) < 4.78 is 27.9. The Labute approximate surface area is 174 Å². The zero-order chi connectivity index (χ0) is 20.5. The molecule has 11 heteroatoms. The van der Waals surface area contributed by atoms with Crippen LogP contribution in [0, 0.1) is 23.0 Å². The standard InChI is InChI=1S/C17H18BrN3O5S2/c1-11-13(5-2-6-14(11)21(23)24)19-17(22)12-4-3-9-20(10-12)28(25,26)16-8-7-15(18)27-16/h2,5-8,12H,3-4,9-10H2,1H3,(H,19,22). The van der Waals surface area contributed by atoms with Crippen molar-refractivity contribution in [1.82, 2.24) is 4.31 Å². The number of rotatable bonds is 5. The summed E-state index contributed by atoms with van der Waals surface area (Å²) in [5, 5.41) is 13.8. The molecule has 1 aromatic heterocycles. The third-order valence-corrected chi connectivity index (χ3v) is 8.61. The van der Waals surface area contributed by atoms with Gasteiger partial charge >= 0.3 is 0 Å². The fourth-order valence-electron chi connectivity index (χ4n) is 3.13. The number of benzene rings is 1. The highest BCUT2D eigenvalue weighted by Gasteiger charge is 2.34. The van der Waals surface area contributed by atoms with Crippen molar-refractivity contribution in [3.05, 3.63) is 49.8 Å². The lowest BCUT2D eigenvalue weighted by Gasteiger charge is -2.30. The molecule has 3 rings (SSSR count). The number of thiophene rings is 1. The van der Waals surface area contributed by atoms with Gasteiger partial charge in [-0.2, -0.15) is 4.31 Å². The maximum atomic E-state index is 12.8. The smallest absolute Gasteiger partial charge is 0.274 e. The minimum absolute atomic E-state index is 0.0751. The molecule has 2 aromatic rings. The van der Waals surface area contributed by atoms with Crippen LogP contribution in [0.3, 0.4) is 0 Å². The van der Waals surface area contributed by atoms with Gasteiger partial charge in [0.2, 0.25) is 5.91 Å². The van der Waals surface area contributed by atoms with Crippen LogP contribution in [0.4, 0.5) is 11.4 Å². The highest BCUT2D eigenvalue weighted by Crippen LogP contribution is 2.31. The average molecular weight is 488 g/mol. The summed E-state index contributed by atoms with van der Waals surface area (Å²) in [6.07, 6.45) is 1.12. The molecule has 28 heavy (non-hydrogen) atoms. The van der Waals surface area contributed by atoms with Gasteiger partial charge < -0.3 is 5.32 Å². The quantitative estimate of drug-likeness (QED) is 0.509. The monoisotopic (exact) mass is 487 g/mol. The van der Waals surface area contributed by atoms with Crippen molar-refractivity contribution in [3.63, 3.8) is 0 Å². The summed E-state index contributed by atoms with van der Waals surface area (Å²) >= 11 is 4.40. The Morgan fingerprint density at radius 1 is 1.36 bits per heavy atom. The second-order valence-corrected chi connectivity index (χ2v) is 11.1. The van der Waals surface area contributed by atoms with Crippen molar-refractivity contribution in [2.24, 2.45) is 5.92 Å². The molecule has 0 bridgehead atoms.